The summed E-state index contributed by atoms with van der Waals surface area (Å²) in [7, 11) is 0. The summed E-state index contributed by atoms with van der Waals surface area (Å²) < 4.78 is 25.7. The fourth-order valence-corrected chi connectivity index (χ4v) is 2.09. The lowest BCUT2D eigenvalue weighted by Gasteiger charge is -2.19. The van der Waals surface area contributed by atoms with Crippen molar-refractivity contribution in [1.82, 2.24) is 4.90 Å². The molecular weight excluding hydrogens is 240 g/mol. The number of hydrogen-bond donors (Lipinski definition) is 1. The highest BCUT2D eigenvalue weighted by Gasteiger charge is 2.33. The summed E-state index contributed by atoms with van der Waals surface area (Å²) in [6.45, 7) is 2.46. The van der Waals surface area contributed by atoms with Crippen LogP contribution in [0.15, 0.2) is 18.2 Å². The standard InChI is InChI=1S/C13H15F2NO2/c1-13(18)4-5-16(8-13)12(17)7-9-2-3-10(14)11(15)6-9/h2-3,6,18H,4-5,7-8H2,1H3. The van der Waals surface area contributed by atoms with Gasteiger partial charge in [-0.1, -0.05) is 6.07 Å². The fourth-order valence-electron chi connectivity index (χ4n) is 2.09. The van der Waals surface area contributed by atoms with E-state index < -0.39 is 17.2 Å². The Hall–Kier alpha value is -1.49. The van der Waals surface area contributed by atoms with Crippen LogP contribution in [0.2, 0.25) is 0 Å². The molecular formula is C13H15F2NO2. The van der Waals surface area contributed by atoms with Gasteiger partial charge in [-0.25, -0.2) is 8.78 Å². The third-order valence-electron chi connectivity index (χ3n) is 3.14. The largest absolute Gasteiger partial charge is 0.388 e. The first-order chi connectivity index (χ1) is 8.37. The number of nitrogens with zero attached hydrogens (tertiary/aromatic N) is 1. The van der Waals surface area contributed by atoms with E-state index in [1.165, 1.54) is 6.07 Å². The van der Waals surface area contributed by atoms with Gasteiger partial charge in [-0.3, -0.25) is 4.79 Å². The highest BCUT2D eigenvalue weighted by molar-refractivity contribution is 5.79. The summed E-state index contributed by atoms with van der Waals surface area (Å²) in [5.41, 5.74) is -0.408. The van der Waals surface area contributed by atoms with E-state index in [4.69, 9.17) is 0 Å². The lowest BCUT2D eigenvalue weighted by Crippen LogP contribution is -2.34. The lowest BCUT2D eigenvalue weighted by molar-refractivity contribution is -0.130. The number of β-amino-alcohol motifs (C(OH)–C–C–N with tert-alkyl or cyclic N) is 1. The number of likely N-dealkylation sites (tertiary alicyclic amines) is 1. The van der Waals surface area contributed by atoms with Crippen LogP contribution in [0, 0.1) is 11.6 Å². The van der Waals surface area contributed by atoms with Crippen LogP contribution in [0.25, 0.3) is 0 Å². The number of amides is 1. The minimum atomic E-state index is -0.950. The molecule has 1 aliphatic heterocycles. The Morgan fingerprint density at radius 1 is 1.44 bits per heavy atom. The minimum absolute atomic E-state index is 0.0211. The van der Waals surface area contributed by atoms with Crippen molar-refractivity contribution in [3.63, 3.8) is 0 Å². The molecule has 1 amide bonds. The van der Waals surface area contributed by atoms with Crippen molar-refractivity contribution in [1.29, 1.82) is 0 Å². The maximum atomic E-state index is 13.0. The molecule has 0 saturated carbocycles. The molecule has 2 rings (SSSR count). The predicted molar refractivity (Wildman–Crippen MR) is 61.9 cm³/mol. The molecule has 98 valence electrons. The Balaban J connectivity index is 2.01. The van der Waals surface area contributed by atoms with Crippen LogP contribution in [-0.2, 0) is 11.2 Å². The molecule has 1 saturated heterocycles. The van der Waals surface area contributed by atoms with Crippen LogP contribution in [0.1, 0.15) is 18.9 Å². The van der Waals surface area contributed by atoms with E-state index in [1.807, 2.05) is 0 Å². The van der Waals surface area contributed by atoms with Gasteiger partial charge in [0.15, 0.2) is 11.6 Å². The molecule has 1 unspecified atom stereocenters. The summed E-state index contributed by atoms with van der Waals surface area (Å²) in [6, 6.07) is 3.43. The minimum Gasteiger partial charge on any atom is -0.388 e. The molecule has 0 radical (unpaired) electrons. The first-order valence-electron chi connectivity index (χ1n) is 5.81. The monoisotopic (exact) mass is 255 g/mol. The van der Waals surface area contributed by atoms with Gasteiger partial charge in [0.05, 0.1) is 12.0 Å². The van der Waals surface area contributed by atoms with Crippen LogP contribution in [-0.4, -0.2) is 34.6 Å². The van der Waals surface area contributed by atoms with Gasteiger partial charge in [0.2, 0.25) is 5.91 Å². The van der Waals surface area contributed by atoms with Gasteiger partial charge in [0.1, 0.15) is 0 Å². The summed E-state index contributed by atoms with van der Waals surface area (Å²) in [6.07, 6.45) is 0.559. The zero-order valence-electron chi connectivity index (χ0n) is 10.1. The molecule has 1 aromatic carbocycles. The average molecular weight is 255 g/mol. The second kappa shape index (κ2) is 4.65. The lowest BCUT2D eigenvalue weighted by atomic mass is 10.1. The average Bonchev–Trinajstić information content (AvgIpc) is 2.64. The second-order valence-electron chi connectivity index (χ2n) is 4.99. The molecule has 18 heavy (non-hydrogen) atoms. The molecule has 0 aromatic heterocycles. The van der Waals surface area contributed by atoms with Crippen LogP contribution < -0.4 is 0 Å². The van der Waals surface area contributed by atoms with Gasteiger partial charge >= 0.3 is 0 Å². The number of aliphatic hydroxyl groups is 1. The van der Waals surface area contributed by atoms with Crippen molar-refractivity contribution in [2.24, 2.45) is 0 Å². The number of rotatable bonds is 2. The fraction of sp³-hybridized carbons (Fsp3) is 0.462. The van der Waals surface area contributed by atoms with E-state index in [2.05, 4.69) is 0 Å². The summed E-state index contributed by atoms with van der Waals surface area (Å²) in [5, 5.41) is 9.76. The molecule has 1 N–H and O–H groups in total. The van der Waals surface area contributed by atoms with Crippen molar-refractivity contribution >= 4 is 5.91 Å². The highest BCUT2D eigenvalue weighted by atomic mass is 19.2. The van der Waals surface area contributed by atoms with Crippen LogP contribution in [0.4, 0.5) is 8.78 Å². The maximum Gasteiger partial charge on any atom is 0.227 e. The van der Waals surface area contributed by atoms with Crippen LogP contribution >= 0.6 is 0 Å². The van der Waals surface area contributed by atoms with Gasteiger partial charge in [-0.05, 0) is 31.0 Å². The molecule has 1 aromatic rings. The van der Waals surface area contributed by atoms with Crippen molar-refractivity contribution in [3.05, 3.63) is 35.4 Å². The number of carbonyl (C=O) groups is 1. The van der Waals surface area contributed by atoms with E-state index in [0.717, 1.165) is 12.1 Å². The molecule has 1 atom stereocenters. The Morgan fingerprint density at radius 2 is 2.17 bits per heavy atom. The van der Waals surface area contributed by atoms with E-state index >= 15 is 0 Å². The molecule has 0 aliphatic carbocycles. The van der Waals surface area contributed by atoms with Crippen molar-refractivity contribution in [3.8, 4) is 0 Å². The zero-order valence-corrected chi connectivity index (χ0v) is 10.1. The Labute approximate surface area is 104 Å². The normalized spacial score (nSPS) is 23.4. The zero-order chi connectivity index (χ0) is 13.3. The van der Waals surface area contributed by atoms with Crippen LogP contribution in [0.3, 0.4) is 0 Å². The van der Waals surface area contributed by atoms with Crippen molar-refractivity contribution in [2.45, 2.75) is 25.4 Å². The first-order valence-corrected chi connectivity index (χ1v) is 5.81. The van der Waals surface area contributed by atoms with Gasteiger partial charge < -0.3 is 10.0 Å². The van der Waals surface area contributed by atoms with Gasteiger partial charge in [-0.15, -0.1) is 0 Å². The first kappa shape index (κ1) is 13.0. The molecule has 1 heterocycles. The molecule has 3 nitrogen and oxygen atoms in total. The predicted octanol–water partition coefficient (Wildman–Crippen LogP) is 1.49. The van der Waals surface area contributed by atoms with E-state index in [0.29, 0.717) is 18.5 Å². The summed E-state index contributed by atoms with van der Waals surface area (Å²) >= 11 is 0. The molecule has 5 heteroatoms. The molecule has 0 bridgehead atoms. The molecule has 1 fully saturated rings. The van der Waals surface area contributed by atoms with Gasteiger partial charge in [-0.2, -0.15) is 0 Å². The smallest absolute Gasteiger partial charge is 0.227 e. The number of hydrogen-bond acceptors (Lipinski definition) is 2. The summed E-state index contributed by atoms with van der Waals surface area (Å²) in [4.78, 5) is 13.4. The van der Waals surface area contributed by atoms with Gasteiger partial charge in [0.25, 0.3) is 0 Å². The Kier molecular flexibility index (Phi) is 3.34. The van der Waals surface area contributed by atoms with Crippen molar-refractivity contribution in [2.75, 3.05) is 13.1 Å². The molecule has 1 aliphatic rings. The van der Waals surface area contributed by atoms with E-state index in [9.17, 15) is 18.7 Å². The SMILES string of the molecule is CC1(O)CCN(C(=O)Cc2ccc(F)c(F)c2)C1. The van der Waals surface area contributed by atoms with Crippen molar-refractivity contribution < 1.29 is 18.7 Å². The Morgan fingerprint density at radius 3 is 2.72 bits per heavy atom. The summed E-state index contributed by atoms with van der Waals surface area (Å²) in [5.74, 6) is -2.05. The Bertz CT molecular complexity index is 474. The van der Waals surface area contributed by atoms with Gasteiger partial charge in [0, 0.05) is 13.1 Å². The second-order valence-corrected chi connectivity index (χ2v) is 4.99. The highest BCUT2D eigenvalue weighted by Crippen LogP contribution is 2.21. The van der Waals surface area contributed by atoms with E-state index in [-0.39, 0.29) is 18.9 Å². The van der Waals surface area contributed by atoms with Crippen LogP contribution in [0.5, 0.6) is 0 Å². The third kappa shape index (κ3) is 2.85. The number of halogens is 2. The maximum absolute atomic E-state index is 13.0. The number of carbonyl (C=O) groups excluding carboxylic acids is 1. The quantitative estimate of drug-likeness (QED) is 0.869. The topological polar surface area (TPSA) is 40.5 Å². The van der Waals surface area contributed by atoms with E-state index in [1.54, 1.807) is 11.8 Å². The third-order valence-corrected chi connectivity index (χ3v) is 3.14. The molecule has 0 spiro atoms. The number of benzene rings is 1.